The first-order valence-corrected chi connectivity index (χ1v) is 9.18. The maximum absolute atomic E-state index is 5.41. The smallest absolute Gasteiger partial charge is 0.194 e. The maximum atomic E-state index is 5.41. The van der Waals surface area contributed by atoms with E-state index in [9.17, 15) is 0 Å². The molecule has 2 aromatic rings. The number of rotatable bonds is 6. The van der Waals surface area contributed by atoms with Crippen molar-refractivity contribution in [1.82, 2.24) is 25.0 Å². The summed E-state index contributed by atoms with van der Waals surface area (Å²) in [7, 11) is 0. The minimum Gasteiger partial charge on any atom is -0.467 e. The van der Waals surface area contributed by atoms with Crippen LogP contribution in [0, 0.1) is 5.92 Å². The number of nitrogens with one attached hydrogen (secondary N) is 1. The van der Waals surface area contributed by atoms with Gasteiger partial charge in [-0.25, -0.2) is 4.99 Å². The van der Waals surface area contributed by atoms with Gasteiger partial charge in [0.2, 0.25) is 0 Å². The topological polar surface area (TPSA) is 71.5 Å². The molecule has 1 N–H and O–H groups in total. The molecule has 3 rings (SSSR count). The van der Waals surface area contributed by atoms with Gasteiger partial charge in [0.1, 0.15) is 24.5 Å². The van der Waals surface area contributed by atoms with Crippen LogP contribution >= 0.6 is 0 Å². The van der Waals surface area contributed by atoms with Crippen LogP contribution in [-0.2, 0) is 19.5 Å². The van der Waals surface area contributed by atoms with Crippen LogP contribution in [0.15, 0.2) is 34.1 Å². The molecule has 1 fully saturated rings. The molecule has 0 radical (unpaired) electrons. The minimum atomic E-state index is 0.564. The van der Waals surface area contributed by atoms with Crippen LogP contribution in [0.4, 0.5) is 0 Å². The van der Waals surface area contributed by atoms with Crippen molar-refractivity contribution in [3.05, 3.63) is 36.3 Å². The minimum absolute atomic E-state index is 0.564. The monoisotopic (exact) mass is 344 g/mol. The number of hydrogen-bond donors (Lipinski definition) is 1. The van der Waals surface area contributed by atoms with Crippen LogP contribution in [0.3, 0.4) is 0 Å². The summed E-state index contributed by atoms with van der Waals surface area (Å²) >= 11 is 0. The molecule has 25 heavy (non-hydrogen) atoms. The second-order valence-corrected chi connectivity index (χ2v) is 6.61. The predicted octanol–water partition coefficient (Wildman–Crippen LogP) is 2.31. The summed E-state index contributed by atoms with van der Waals surface area (Å²) in [5, 5.41) is 11.6. The molecule has 3 heterocycles. The Morgan fingerprint density at radius 1 is 1.40 bits per heavy atom. The van der Waals surface area contributed by atoms with Crippen molar-refractivity contribution in [3.8, 4) is 0 Å². The highest BCUT2D eigenvalue weighted by atomic mass is 16.3. The molecule has 0 aromatic carbocycles. The van der Waals surface area contributed by atoms with E-state index in [4.69, 9.17) is 9.41 Å². The van der Waals surface area contributed by atoms with Gasteiger partial charge in [-0.2, -0.15) is 0 Å². The Kier molecular flexibility index (Phi) is 6.09. The Morgan fingerprint density at radius 3 is 2.96 bits per heavy atom. The average molecular weight is 344 g/mol. The zero-order valence-electron chi connectivity index (χ0n) is 15.2. The molecule has 1 aliphatic heterocycles. The third-order valence-electron chi connectivity index (χ3n) is 4.70. The number of aryl methyl sites for hydroxylation is 1. The van der Waals surface area contributed by atoms with Gasteiger partial charge in [0, 0.05) is 32.6 Å². The van der Waals surface area contributed by atoms with Crippen molar-refractivity contribution in [2.75, 3.05) is 19.6 Å². The highest BCUT2D eigenvalue weighted by Crippen LogP contribution is 2.16. The average Bonchev–Trinajstić information content (AvgIpc) is 3.30. The molecule has 7 heteroatoms. The summed E-state index contributed by atoms with van der Waals surface area (Å²) in [5.41, 5.74) is 0. The van der Waals surface area contributed by atoms with Gasteiger partial charge in [0.25, 0.3) is 0 Å². The molecule has 0 atom stereocenters. The summed E-state index contributed by atoms with van der Waals surface area (Å²) in [4.78, 5) is 7.13. The molecule has 0 saturated carbocycles. The quantitative estimate of drug-likeness (QED) is 0.643. The summed E-state index contributed by atoms with van der Waals surface area (Å²) in [6.45, 7) is 8.72. The number of nitrogens with zero attached hydrogens (tertiary/aromatic N) is 5. The Bertz CT molecular complexity index is 655. The van der Waals surface area contributed by atoms with E-state index in [2.05, 4.69) is 38.8 Å². The van der Waals surface area contributed by atoms with Gasteiger partial charge in [-0.05, 0) is 30.9 Å². The number of furan rings is 1. The fraction of sp³-hybridized carbons (Fsp3) is 0.611. The molecule has 0 bridgehead atoms. The van der Waals surface area contributed by atoms with Crippen LogP contribution in [0.2, 0.25) is 0 Å². The molecule has 2 aromatic heterocycles. The SMILES string of the molecule is CCc1nncn1CCNC(=NCc1ccco1)N1CCC(C)CC1. The van der Waals surface area contributed by atoms with Gasteiger partial charge < -0.3 is 19.2 Å². The Labute approximate surface area is 149 Å². The third kappa shape index (κ3) is 4.84. The highest BCUT2D eigenvalue weighted by Gasteiger charge is 2.19. The first-order chi connectivity index (χ1) is 12.3. The van der Waals surface area contributed by atoms with Crippen molar-refractivity contribution < 1.29 is 4.42 Å². The van der Waals surface area contributed by atoms with E-state index >= 15 is 0 Å². The molecule has 0 amide bonds. The molecule has 0 spiro atoms. The molecule has 7 nitrogen and oxygen atoms in total. The molecule has 1 aliphatic rings. The summed E-state index contributed by atoms with van der Waals surface area (Å²) in [5.74, 6) is 3.67. The van der Waals surface area contributed by atoms with Gasteiger partial charge in [-0.15, -0.1) is 10.2 Å². The van der Waals surface area contributed by atoms with Crippen LogP contribution in [-0.4, -0.2) is 45.3 Å². The standard InChI is InChI=1S/C18H28N6O/c1-3-17-22-21-14-24(17)11-8-19-18(20-13-16-5-4-12-25-16)23-9-6-15(2)7-10-23/h4-5,12,14-15H,3,6-11,13H2,1-2H3,(H,19,20). The molecule has 0 unspecified atom stereocenters. The Hall–Kier alpha value is -2.31. The largest absolute Gasteiger partial charge is 0.467 e. The first-order valence-electron chi connectivity index (χ1n) is 9.18. The number of aromatic nitrogens is 3. The van der Waals surface area contributed by atoms with Crippen molar-refractivity contribution in [1.29, 1.82) is 0 Å². The summed E-state index contributed by atoms with van der Waals surface area (Å²) in [6, 6.07) is 3.86. The fourth-order valence-electron chi connectivity index (χ4n) is 3.07. The summed E-state index contributed by atoms with van der Waals surface area (Å²) in [6.07, 6.45) is 6.81. The normalized spacial score (nSPS) is 16.4. The number of guanidine groups is 1. The number of piperidine rings is 1. The highest BCUT2D eigenvalue weighted by molar-refractivity contribution is 5.80. The lowest BCUT2D eigenvalue weighted by Crippen LogP contribution is -2.46. The van der Waals surface area contributed by atoms with Crippen molar-refractivity contribution in [3.63, 3.8) is 0 Å². The van der Waals surface area contributed by atoms with Crippen molar-refractivity contribution in [2.24, 2.45) is 10.9 Å². The first kappa shape index (κ1) is 17.5. The maximum Gasteiger partial charge on any atom is 0.194 e. The molecular formula is C18H28N6O. The van der Waals surface area contributed by atoms with Gasteiger partial charge >= 0.3 is 0 Å². The Balaban J connectivity index is 1.60. The second kappa shape index (κ2) is 8.69. The lowest BCUT2D eigenvalue weighted by molar-refractivity contribution is 0.272. The molecule has 136 valence electrons. The predicted molar refractivity (Wildman–Crippen MR) is 97.2 cm³/mol. The van der Waals surface area contributed by atoms with Gasteiger partial charge in [0.05, 0.1) is 6.26 Å². The number of aliphatic imine (C=N–C) groups is 1. The number of hydrogen-bond acceptors (Lipinski definition) is 4. The van der Waals surface area contributed by atoms with E-state index < -0.39 is 0 Å². The molecule has 0 aliphatic carbocycles. The van der Waals surface area contributed by atoms with E-state index in [0.29, 0.717) is 6.54 Å². The lowest BCUT2D eigenvalue weighted by atomic mass is 10.00. The van der Waals surface area contributed by atoms with Gasteiger partial charge in [-0.3, -0.25) is 0 Å². The van der Waals surface area contributed by atoms with Crippen LogP contribution in [0.25, 0.3) is 0 Å². The zero-order valence-corrected chi connectivity index (χ0v) is 15.2. The second-order valence-electron chi connectivity index (χ2n) is 6.61. The zero-order chi connectivity index (χ0) is 17.5. The molecular weight excluding hydrogens is 316 g/mol. The van der Waals surface area contributed by atoms with Crippen LogP contribution < -0.4 is 5.32 Å². The van der Waals surface area contributed by atoms with E-state index in [0.717, 1.165) is 56.1 Å². The summed E-state index contributed by atoms with van der Waals surface area (Å²) < 4.78 is 7.50. The van der Waals surface area contributed by atoms with Crippen molar-refractivity contribution in [2.45, 2.75) is 46.2 Å². The van der Waals surface area contributed by atoms with Gasteiger partial charge in [0.15, 0.2) is 5.96 Å². The number of likely N-dealkylation sites (tertiary alicyclic amines) is 1. The fourth-order valence-corrected chi connectivity index (χ4v) is 3.07. The van der Waals surface area contributed by atoms with Crippen LogP contribution in [0.1, 0.15) is 38.3 Å². The van der Waals surface area contributed by atoms with E-state index in [1.807, 2.05) is 12.1 Å². The van der Waals surface area contributed by atoms with E-state index in [1.165, 1.54) is 12.8 Å². The molecule has 1 saturated heterocycles. The van der Waals surface area contributed by atoms with E-state index in [1.54, 1.807) is 12.6 Å². The van der Waals surface area contributed by atoms with Crippen molar-refractivity contribution >= 4 is 5.96 Å². The third-order valence-corrected chi connectivity index (χ3v) is 4.70. The van der Waals surface area contributed by atoms with Crippen LogP contribution in [0.5, 0.6) is 0 Å². The lowest BCUT2D eigenvalue weighted by Gasteiger charge is -2.33. The van der Waals surface area contributed by atoms with E-state index in [-0.39, 0.29) is 0 Å². The Morgan fingerprint density at radius 2 is 2.24 bits per heavy atom. The van der Waals surface area contributed by atoms with Gasteiger partial charge in [-0.1, -0.05) is 13.8 Å².